The Hall–Kier alpha value is -4.63. The molecule has 0 aliphatic heterocycles. The van der Waals surface area contributed by atoms with E-state index < -0.39 is 0 Å². The van der Waals surface area contributed by atoms with Gasteiger partial charge in [0.05, 0.1) is 24.5 Å². The fourth-order valence-electron chi connectivity index (χ4n) is 3.57. The van der Waals surface area contributed by atoms with Crippen LogP contribution >= 0.6 is 0 Å². The van der Waals surface area contributed by atoms with Crippen LogP contribution in [-0.2, 0) is 6.61 Å². The Morgan fingerprint density at radius 1 is 1.00 bits per heavy atom. The van der Waals surface area contributed by atoms with Gasteiger partial charge in [-0.05, 0) is 65.2 Å². The molecule has 6 heteroatoms. The molecule has 0 saturated heterocycles. The van der Waals surface area contributed by atoms with Gasteiger partial charge in [-0.2, -0.15) is 10.4 Å². The molecule has 6 nitrogen and oxygen atoms in total. The Morgan fingerprint density at radius 2 is 1.83 bits per heavy atom. The van der Waals surface area contributed by atoms with Gasteiger partial charge in [-0.15, -0.1) is 0 Å². The molecule has 0 aromatic heterocycles. The molecule has 0 radical (unpaired) electrons. The van der Waals surface area contributed by atoms with E-state index in [9.17, 15) is 4.79 Å². The lowest BCUT2D eigenvalue weighted by Crippen LogP contribution is -2.17. The highest BCUT2D eigenvalue weighted by molar-refractivity contribution is 6.03. The number of carbonyl (C=O) groups is 1. The van der Waals surface area contributed by atoms with Gasteiger partial charge in [0, 0.05) is 11.1 Å². The first kappa shape index (κ1) is 23.5. The Labute approximate surface area is 204 Å². The largest absolute Gasteiger partial charge is 0.494 e. The monoisotopic (exact) mass is 463 g/mol. The first-order valence-electron chi connectivity index (χ1n) is 11.4. The predicted octanol–water partition coefficient (Wildman–Crippen LogP) is 5.84. The van der Waals surface area contributed by atoms with Crippen LogP contribution in [0, 0.1) is 11.3 Å². The van der Waals surface area contributed by atoms with E-state index in [2.05, 4.69) is 16.6 Å². The highest BCUT2D eigenvalue weighted by atomic mass is 16.5. The van der Waals surface area contributed by atoms with Gasteiger partial charge in [0.25, 0.3) is 5.91 Å². The number of nitrogens with one attached hydrogen (secondary N) is 1. The lowest BCUT2D eigenvalue weighted by atomic mass is 10.0. The van der Waals surface area contributed by atoms with Gasteiger partial charge in [0.15, 0.2) is 0 Å². The van der Waals surface area contributed by atoms with Gasteiger partial charge in [-0.3, -0.25) is 4.79 Å². The molecule has 4 aromatic rings. The molecule has 1 N–H and O–H groups in total. The zero-order valence-corrected chi connectivity index (χ0v) is 19.4. The third-order valence-corrected chi connectivity index (χ3v) is 5.33. The van der Waals surface area contributed by atoms with E-state index in [0.717, 1.165) is 34.1 Å². The average Bonchev–Trinajstić information content (AvgIpc) is 2.91. The van der Waals surface area contributed by atoms with Crippen LogP contribution in [0.1, 0.15) is 40.4 Å². The van der Waals surface area contributed by atoms with Crippen molar-refractivity contribution in [2.45, 2.75) is 20.0 Å². The van der Waals surface area contributed by atoms with E-state index in [1.165, 1.54) is 0 Å². The molecule has 0 bridgehead atoms. The van der Waals surface area contributed by atoms with Crippen molar-refractivity contribution in [1.29, 1.82) is 5.26 Å². The zero-order valence-electron chi connectivity index (χ0n) is 19.4. The summed E-state index contributed by atoms with van der Waals surface area (Å²) in [6.45, 7) is 2.97. The minimum Gasteiger partial charge on any atom is -0.494 e. The van der Waals surface area contributed by atoms with Crippen LogP contribution in [0.5, 0.6) is 11.5 Å². The van der Waals surface area contributed by atoms with Crippen molar-refractivity contribution >= 4 is 22.9 Å². The number of nitrogens with zero attached hydrogens (tertiary/aromatic N) is 2. The Morgan fingerprint density at radius 3 is 2.63 bits per heavy atom. The van der Waals surface area contributed by atoms with Crippen LogP contribution in [0.4, 0.5) is 0 Å². The third kappa shape index (κ3) is 6.04. The van der Waals surface area contributed by atoms with Gasteiger partial charge >= 0.3 is 0 Å². The number of ether oxygens (including phenoxy) is 2. The molecule has 1 amide bonds. The molecule has 0 aliphatic carbocycles. The van der Waals surface area contributed by atoms with Crippen molar-refractivity contribution in [2.24, 2.45) is 5.10 Å². The second-order valence-electron chi connectivity index (χ2n) is 7.87. The van der Waals surface area contributed by atoms with Crippen molar-refractivity contribution in [3.05, 3.63) is 107 Å². The summed E-state index contributed by atoms with van der Waals surface area (Å²) in [5, 5.41) is 15.3. The molecule has 0 atom stereocenters. The predicted molar refractivity (Wildman–Crippen MR) is 137 cm³/mol. The van der Waals surface area contributed by atoms with E-state index >= 15 is 0 Å². The van der Waals surface area contributed by atoms with Crippen molar-refractivity contribution in [2.75, 3.05) is 6.61 Å². The fourth-order valence-corrected chi connectivity index (χ4v) is 3.57. The number of benzene rings is 4. The second-order valence-corrected chi connectivity index (χ2v) is 7.87. The summed E-state index contributed by atoms with van der Waals surface area (Å²) < 4.78 is 11.7. The number of hydrazone groups is 1. The lowest BCUT2D eigenvalue weighted by molar-refractivity contribution is 0.0955. The summed E-state index contributed by atoms with van der Waals surface area (Å²) >= 11 is 0. The molecule has 4 rings (SSSR count). The van der Waals surface area contributed by atoms with Crippen LogP contribution in [-0.4, -0.2) is 18.7 Å². The Bertz CT molecular complexity index is 1390. The Balaban J connectivity index is 1.51. The smallest absolute Gasteiger partial charge is 0.271 e. The topological polar surface area (TPSA) is 83.7 Å². The number of rotatable bonds is 9. The molecule has 35 heavy (non-hydrogen) atoms. The first-order valence-corrected chi connectivity index (χ1v) is 11.4. The SMILES string of the molecule is CCCOc1ccc(C(=O)N/N=C/c2c(OCc3cccc(C#N)c3)ccc3ccccc23)cc1. The van der Waals surface area contributed by atoms with Gasteiger partial charge in [-0.1, -0.05) is 49.4 Å². The van der Waals surface area contributed by atoms with Crippen molar-refractivity contribution in [1.82, 2.24) is 5.43 Å². The lowest BCUT2D eigenvalue weighted by Gasteiger charge is -2.12. The van der Waals surface area contributed by atoms with Crippen LogP contribution in [0.2, 0.25) is 0 Å². The minimum atomic E-state index is -0.320. The van der Waals surface area contributed by atoms with E-state index in [1.54, 1.807) is 42.6 Å². The standard InChI is InChI=1S/C29H25N3O3/c1-2-16-34-25-13-10-24(11-14-25)29(33)32-31-19-27-26-9-4-3-8-23(26)12-15-28(27)35-20-22-7-5-6-21(17-22)18-30/h3-15,17,19H,2,16,20H2,1H3,(H,32,33)/b31-19+. The first-order chi connectivity index (χ1) is 17.2. The third-order valence-electron chi connectivity index (χ3n) is 5.33. The highest BCUT2D eigenvalue weighted by Gasteiger charge is 2.09. The van der Waals surface area contributed by atoms with Gasteiger partial charge in [0.2, 0.25) is 0 Å². The van der Waals surface area contributed by atoms with E-state index in [1.807, 2.05) is 55.5 Å². The van der Waals surface area contributed by atoms with Gasteiger partial charge < -0.3 is 9.47 Å². The summed E-state index contributed by atoms with van der Waals surface area (Å²) in [6.07, 6.45) is 2.52. The average molecular weight is 464 g/mol. The van der Waals surface area contributed by atoms with Gasteiger partial charge in [0.1, 0.15) is 18.1 Å². The molecule has 174 valence electrons. The number of amides is 1. The van der Waals surface area contributed by atoms with Crippen LogP contribution < -0.4 is 14.9 Å². The molecule has 0 saturated carbocycles. The Kier molecular flexibility index (Phi) is 7.72. The van der Waals surface area contributed by atoms with E-state index in [-0.39, 0.29) is 5.91 Å². The number of nitriles is 1. The van der Waals surface area contributed by atoms with Crippen LogP contribution in [0.3, 0.4) is 0 Å². The molecular weight excluding hydrogens is 438 g/mol. The molecule has 0 spiro atoms. The quantitative estimate of drug-likeness (QED) is 0.250. The molecular formula is C29H25N3O3. The van der Waals surface area contributed by atoms with Crippen LogP contribution in [0.15, 0.2) is 90.0 Å². The fraction of sp³-hybridized carbons (Fsp3) is 0.138. The maximum atomic E-state index is 12.6. The van der Waals surface area contributed by atoms with Crippen LogP contribution in [0.25, 0.3) is 10.8 Å². The number of carbonyl (C=O) groups excluding carboxylic acids is 1. The minimum absolute atomic E-state index is 0.299. The molecule has 0 unspecified atom stereocenters. The highest BCUT2D eigenvalue weighted by Crippen LogP contribution is 2.27. The molecule has 4 aromatic carbocycles. The summed E-state index contributed by atoms with van der Waals surface area (Å²) in [7, 11) is 0. The van der Waals surface area contributed by atoms with E-state index in [4.69, 9.17) is 14.7 Å². The van der Waals surface area contributed by atoms with Crippen molar-refractivity contribution in [3.8, 4) is 17.6 Å². The summed E-state index contributed by atoms with van der Waals surface area (Å²) in [5.74, 6) is 1.03. The van der Waals surface area contributed by atoms with Crippen molar-refractivity contribution < 1.29 is 14.3 Å². The maximum Gasteiger partial charge on any atom is 0.271 e. The van der Waals surface area contributed by atoms with Gasteiger partial charge in [-0.25, -0.2) is 5.43 Å². The molecule has 0 fully saturated rings. The second kappa shape index (κ2) is 11.5. The normalized spacial score (nSPS) is 10.7. The summed E-state index contributed by atoms with van der Waals surface area (Å²) in [5.41, 5.74) is 5.30. The number of fused-ring (bicyclic) bond motifs is 1. The maximum absolute atomic E-state index is 12.6. The number of hydrogen-bond donors (Lipinski definition) is 1. The molecule has 0 aliphatic rings. The zero-order chi connectivity index (χ0) is 24.5. The summed E-state index contributed by atoms with van der Waals surface area (Å²) in [4.78, 5) is 12.6. The number of hydrogen-bond acceptors (Lipinski definition) is 5. The van der Waals surface area contributed by atoms with Crippen molar-refractivity contribution in [3.63, 3.8) is 0 Å². The molecule has 0 heterocycles. The van der Waals surface area contributed by atoms with E-state index in [0.29, 0.717) is 30.1 Å². The summed E-state index contributed by atoms with van der Waals surface area (Å²) in [6, 6.07) is 28.2.